The Morgan fingerprint density at radius 1 is 1.57 bits per heavy atom. The summed E-state index contributed by atoms with van der Waals surface area (Å²) in [5.74, 6) is 0.0779. The number of aliphatic carboxylic acids is 1. The van der Waals surface area contributed by atoms with Crippen molar-refractivity contribution in [2.24, 2.45) is 0 Å². The molecule has 1 fully saturated rings. The van der Waals surface area contributed by atoms with E-state index in [0.717, 1.165) is 36.1 Å². The van der Waals surface area contributed by atoms with E-state index in [4.69, 9.17) is 5.11 Å². The molecule has 0 aromatic carbocycles. The van der Waals surface area contributed by atoms with Gasteiger partial charge in [0.25, 0.3) is 0 Å². The Kier molecular flexibility index (Phi) is 4.96. The number of rotatable bonds is 5. The largest absolute Gasteiger partial charge is 0.478 e. The average molecular weight is 289 g/mol. The maximum absolute atomic E-state index is 10.6. The maximum atomic E-state index is 10.6. The first-order valence-electron chi connectivity index (χ1n) is 7.26. The highest BCUT2D eigenvalue weighted by atomic mass is 16.4. The number of carbonyl (C=O) groups is 1. The minimum Gasteiger partial charge on any atom is -0.478 e. The van der Waals surface area contributed by atoms with Crippen LogP contribution in [0.2, 0.25) is 0 Å². The monoisotopic (exact) mass is 289 g/mol. The van der Waals surface area contributed by atoms with Crippen LogP contribution in [0.25, 0.3) is 6.08 Å². The molecule has 5 heteroatoms. The first kappa shape index (κ1) is 15.5. The lowest BCUT2D eigenvalue weighted by Gasteiger charge is -2.29. The van der Waals surface area contributed by atoms with Crippen LogP contribution < -0.4 is 4.90 Å². The predicted molar refractivity (Wildman–Crippen MR) is 84.6 cm³/mol. The summed E-state index contributed by atoms with van der Waals surface area (Å²) in [6.45, 7) is 4.10. The Morgan fingerprint density at radius 2 is 2.33 bits per heavy atom. The van der Waals surface area contributed by atoms with Crippen molar-refractivity contribution in [3.05, 3.63) is 29.5 Å². The number of hydrogen-bond donors (Lipinski definition) is 1. The smallest absolute Gasteiger partial charge is 0.328 e. The minimum atomic E-state index is -0.942. The molecule has 1 saturated heterocycles. The molecule has 5 nitrogen and oxygen atoms in total. The van der Waals surface area contributed by atoms with Crippen LogP contribution in [0.4, 0.5) is 5.82 Å². The van der Waals surface area contributed by atoms with E-state index in [1.807, 2.05) is 13.0 Å². The molecule has 1 atom stereocenters. The first-order chi connectivity index (χ1) is 9.97. The van der Waals surface area contributed by atoms with Gasteiger partial charge in [-0.05, 0) is 57.1 Å². The Hall–Kier alpha value is -1.88. The van der Waals surface area contributed by atoms with Gasteiger partial charge in [0.15, 0.2) is 0 Å². The quantitative estimate of drug-likeness (QED) is 0.840. The molecule has 1 aromatic heterocycles. The number of hydrogen-bond acceptors (Lipinski definition) is 4. The molecule has 1 aliphatic rings. The van der Waals surface area contributed by atoms with Crippen LogP contribution >= 0.6 is 0 Å². The summed E-state index contributed by atoms with van der Waals surface area (Å²) in [5, 5.41) is 8.67. The van der Waals surface area contributed by atoms with Crippen molar-refractivity contribution in [3.63, 3.8) is 0 Å². The highest BCUT2D eigenvalue weighted by molar-refractivity contribution is 5.85. The Balaban J connectivity index is 2.18. The fourth-order valence-corrected chi connectivity index (χ4v) is 2.87. The highest BCUT2D eigenvalue weighted by Gasteiger charge is 2.26. The van der Waals surface area contributed by atoms with E-state index in [1.54, 1.807) is 12.3 Å². The zero-order valence-corrected chi connectivity index (χ0v) is 12.9. The molecule has 2 heterocycles. The van der Waals surface area contributed by atoms with Gasteiger partial charge in [0.1, 0.15) is 5.82 Å². The molecule has 0 radical (unpaired) electrons. The molecular weight excluding hydrogens is 266 g/mol. The third-order valence-electron chi connectivity index (χ3n) is 3.72. The summed E-state index contributed by atoms with van der Waals surface area (Å²) < 4.78 is 0. The molecule has 1 aromatic rings. The second-order valence-corrected chi connectivity index (χ2v) is 5.83. The number of carboxylic acids is 1. The zero-order valence-electron chi connectivity index (χ0n) is 12.9. The molecular formula is C16H23N3O2. The number of carboxylic acid groups (broad SMARTS) is 1. The molecule has 2 rings (SSSR count). The van der Waals surface area contributed by atoms with Crippen molar-refractivity contribution in [1.29, 1.82) is 0 Å². The Bertz CT molecular complexity index is 540. The van der Waals surface area contributed by atoms with Gasteiger partial charge in [0.05, 0.1) is 0 Å². The summed E-state index contributed by atoms with van der Waals surface area (Å²) in [6.07, 6.45) is 6.85. The topological polar surface area (TPSA) is 56.7 Å². The number of aromatic nitrogens is 1. The molecule has 1 aliphatic heterocycles. The number of pyridine rings is 1. The van der Waals surface area contributed by atoms with E-state index in [1.165, 1.54) is 12.8 Å². The summed E-state index contributed by atoms with van der Waals surface area (Å²) >= 11 is 0. The molecule has 1 unspecified atom stereocenters. The van der Waals surface area contributed by atoms with Crippen molar-refractivity contribution in [3.8, 4) is 0 Å². The van der Waals surface area contributed by atoms with Crippen LogP contribution in [0.3, 0.4) is 0 Å². The van der Waals surface area contributed by atoms with E-state index >= 15 is 0 Å². The van der Waals surface area contributed by atoms with Gasteiger partial charge in [0.2, 0.25) is 0 Å². The van der Waals surface area contributed by atoms with Gasteiger partial charge in [0, 0.05) is 31.4 Å². The van der Waals surface area contributed by atoms with E-state index in [0.29, 0.717) is 6.04 Å². The molecule has 0 aliphatic carbocycles. The van der Waals surface area contributed by atoms with Crippen LogP contribution in [0.5, 0.6) is 0 Å². The van der Waals surface area contributed by atoms with Crippen molar-refractivity contribution >= 4 is 17.9 Å². The second-order valence-electron chi connectivity index (χ2n) is 5.83. The molecule has 0 bridgehead atoms. The van der Waals surface area contributed by atoms with Crippen LogP contribution in [0.1, 0.15) is 24.0 Å². The van der Waals surface area contributed by atoms with Crippen LogP contribution in [-0.4, -0.2) is 54.2 Å². The van der Waals surface area contributed by atoms with E-state index in [-0.39, 0.29) is 0 Å². The maximum Gasteiger partial charge on any atom is 0.328 e. The van der Waals surface area contributed by atoms with Crippen molar-refractivity contribution < 1.29 is 9.90 Å². The summed E-state index contributed by atoms with van der Waals surface area (Å²) in [6, 6.07) is 2.50. The van der Waals surface area contributed by atoms with Crippen molar-refractivity contribution in [2.75, 3.05) is 32.1 Å². The predicted octanol–water partition coefficient (Wildman–Crippen LogP) is 2.02. The standard InChI is InChI=1S/C16H23N3O2/c1-12-9-13(6-7-15(20)21)10-17-16(12)19-8-4-5-14(19)11-18(2)3/h6-7,9-10,14H,4-5,8,11H2,1-3H3,(H,20,21)/b7-6+. The average Bonchev–Trinajstić information content (AvgIpc) is 2.83. The number of aryl methyl sites for hydroxylation is 1. The molecule has 21 heavy (non-hydrogen) atoms. The molecule has 114 valence electrons. The van der Waals surface area contributed by atoms with Crippen LogP contribution in [0, 0.1) is 6.92 Å². The summed E-state index contributed by atoms with van der Waals surface area (Å²) in [5.41, 5.74) is 1.91. The second kappa shape index (κ2) is 6.72. The molecule has 0 saturated carbocycles. The van der Waals surface area contributed by atoms with Gasteiger partial charge in [-0.3, -0.25) is 0 Å². The molecule has 1 N–H and O–H groups in total. The minimum absolute atomic E-state index is 0.506. The normalized spacial score (nSPS) is 18.9. The lowest BCUT2D eigenvalue weighted by molar-refractivity contribution is -0.131. The summed E-state index contributed by atoms with van der Waals surface area (Å²) in [4.78, 5) is 19.7. The first-order valence-corrected chi connectivity index (χ1v) is 7.26. The van der Waals surface area contributed by atoms with Gasteiger partial charge in [-0.25, -0.2) is 9.78 Å². The van der Waals surface area contributed by atoms with E-state index < -0.39 is 5.97 Å². The summed E-state index contributed by atoms with van der Waals surface area (Å²) in [7, 11) is 4.19. The zero-order chi connectivity index (χ0) is 15.4. The van der Waals surface area contributed by atoms with Crippen LogP contribution in [-0.2, 0) is 4.79 Å². The van der Waals surface area contributed by atoms with Gasteiger partial charge in [-0.2, -0.15) is 0 Å². The van der Waals surface area contributed by atoms with Crippen LogP contribution in [0.15, 0.2) is 18.3 Å². The lowest BCUT2D eigenvalue weighted by Crippen LogP contribution is -2.38. The Labute approximate surface area is 125 Å². The highest BCUT2D eigenvalue weighted by Crippen LogP contribution is 2.27. The van der Waals surface area contributed by atoms with E-state index in [2.05, 4.69) is 28.9 Å². The van der Waals surface area contributed by atoms with E-state index in [9.17, 15) is 4.79 Å². The third kappa shape index (κ3) is 4.04. The van der Waals surface area contributed by atoms with Crippen molar-refractivity contribution in [1.82, 2.24) is 9.88 Å². The fourth-order valence-electron chi connectivity index (χ4n) is 2.87. The molecule has 0 amide bonds. The lowest BCUT2D eigenvalue weighted by atomic mass is 10.1. The number of likely N-dealkylation sites (N-methyl/N-ethyl adjacent to an activating group) is 1. The number of nitrogens with zero attached hydrogens (tertiary/aromatic N) is 3. The Morgan fingerprint density at radius 3 is 2.95 bits per heavy atom. The van der Waals surface area contributed by atoms with Gasteiger partial charge >= 0.3 is 5.97 Å². The molecule has 0 spiro atoms. The third-order valence-corrected chi connectivity index (χ3v) is 3.72. The van der Waals surface area contributed by atoms with Gasteiger partial charge in [-0.1, -0.05) is 0 Å². The SMILES string of the molecule is Cc1cc(/C=C/C(=O)O)cnc1N1CCCC1CN(C)C. The van der Waals surface area contributed by atoms with Crippen molar-refractivity contribution in [2.45, 2.75) is 25.8 Å². The number of anilines is 1. The van der Waals surface area contributed by atoms with Gasteiger partial charge < -0.3 is 14.9 Å². The van der Waals surface area contributed by atoms with Gasteiger partial charge in [-0.15, -0.1) is 0 Å². The fraction of sp³-hybridized carbons (Fsp3) is 0.500.